The molecule has 1 aromatic rings. The van der Waals surface area contributed by atoms with E-state index in [1.807, 2.05) is 0 Å². The van der Waals surface area contributed by atoms with Gasteiger partial charge in [-0.3, -0.25) is 24.9 Å². The van der Waals surface area contributed by atoms with Crippen molar-refractivity contribution in [3.05, 3.63) is 22.2 Å². The van der Waals surface area contributed by atoms with Gasteiger partial charge in [0.05, 0.1) is 0 Å². The molecule has 0 atom stereocenters. The number of nitrogens with zero attached hydrogens (tertiary/aromatic N) is 3. The van der Waals surface area contributed by atoms with Crippen molar-refractivity contribution >= 4 is 38.4 Å². The van der Waals surface area contributed by atoms with Gasteiger partial charge in [-0.15, -0.1) is 0 Å². The number of likely N-dealkylation sites (tertiary alicyclic amines) is 1. The lowest BCUT2D eigenvalue weighted by Crippen LogP contribution is -2.37. The van der Waals surface area contributed by atoms with Gasteiger partial charge in [0.2, 0.25) is 5.91 Å². The Kier molecular flexibility index (Phi) is 6.17. The van der Waals surface area contributed by atoms with Gasteiger partial charge in [0.1, 0.15) is 28.7 Å². The third kappa shape index (κ3) is 5.13. The molecule has 1 aromatic heterocycles. The van der Waals surface area contributed by atoms with E-state index in [2.05, 4.69) is 26.2 Å². The first kappa shape index (κ1) is 20.1. The molecule has 2 amide bonds. The monoisotopic (exact) mass is 427 g/mol. The van der Waals surface area contributed by atoms with Crippen LogP contribution < -0.4 is 10.9 Å². The van der Waals surface area contributed by atoms with Crippen molar-refractivity contribution in [2.24, 2.45) is 0 Å². The number of amides is 2. The SMILES string of the molecule is CC(C)(C)OC(=O)Nc1ncn(CC(=O)N2CCCC2)c(=O)c1C(=N)Br. The standard InChI is InChI=1S/C16H22BrN5O4/c1-16(2,3)26-15(25)20-13-11(12(17)18)14(24)22(9-19-13)8-10(23)21-6-4-5-7-21/h9,18H,4-8H2,1-3H3,(H,20,25). The zero-order valence-electron chi connectivity index (χ0n) is 15.0. The first-order valence-corrected chi connectivity index (χ1v) is 8.99. The second kappa shape index (κ2) is 7.98. The minimum atomic E-state index is -0.787. The zero-order valence-corrected chi connectivity index (χ0v) is 16.6. The Balaban J connectivity index is 2.25. The van der Waals surface area contributed by atoms with Crippen LogP contribution in [0.1, 0.15) is 39.2 Å². The maximum absolute atomic E-state index is 12.6. The maximum Gasteiger partial charge on any atom is 0.413 e. The molecule has 0 aromatic carbocycles. The Morgan fingerprint density at radius 3 is 2.50 bits per heavy atom. The summed E-state index contributed by atoms with van der Waals surface area (Å²) < 4.78 is 6.02. The van der Waals surface area contributed by atoms with Crippen molar-refractivity contribution in [3.8, 4) is 0 Å². The van der Waals surface area contributed by atoms with Crippen LogP contribution in [-0.2, 0) is 16.1 Å². The fourth-order valence-corrected chi connectivity index (χ4v) is 2.86. The molecule has 26 heavy (non-hydrogen) atoms. The normalized spacial score (nSPS) is 14.2. The van der Waals surface area contributed by atoms with Crippen LogP contribution in [0.25, 0.3) is 0 Å². The molecule has 1 aliphatic rings. The van der Waals surface area contributed by atoms with E-state index in [0.717, 1.165) is 17.4 Å². The second-order valence-electron chi connectivity index (χ2n) is 6.93. The fraction of sp³-hybridized carbons (Fsp3) is 0.562. The molecule has 9 nitrogen and oxygen atoms in total. The Morgan fingerprint density at radius 1 is 1.35 bits per heavy atom. The number of carbonyl (C=O) groups excluding carboxylic acids is 2. The summed E-state index contributed by atoms with van der Waals surface area (Å²) >= 11 is 2.94. The Hall–Kier alpha value is -2.23. The van der Waals surface area contributed by atoms with Crippen molar-refractivity contribution in [1.82, 2.24) is 14.5 Å². The van der Waals surface area contributed by atoms with Gasteiger partial charge in [-0.25, -0.2) is 9.78 Å². The molecule has 0 unspecified atom stereocenters. The van der Waals surface area contributed by atoms with Gasteiger partial charge in [0.25, 0.3) is 5.56 Å². The predicted octanol–water partition coefficient (Wildman–Crippen LogP) is 1.93. The van der Waals surface area contributed by atoms with Crippen molar-refractivity contribution in [1.29, 1.82) is 5.41 Å². The summed E-state index contributed by atoms with van der Waals surface area (Å²) in [5.74, 6) is -0.276. The molecule has 2 N–H and O–H groups in total. The summed E-state index contributed by atoms with van der Waals surface area (Å²) in [5.41, 5.74) is -1.46. The van der Waals surface area contributed by atoms with Gasteiger partial charge < -0.3 is 9.64 Å². The number of anilines is 1. The number of rotatable bonds is 4. The van der Waals surface area contributed by atoms with Crippen molar-refractivity contribution < 1.29 is 14.3 Å². The Morgan fingerprint density at radius 2 is 1.96 bits per heavy atom. The smallest absolute Gasteiger partial charge is 0.413 e. The average molecular weight is 428 g/mol. The topological polar surface area (TPSA) is 117 Å². The number of hydrogen-bond acceptors (Lipinski definition) is 6. The molecular weight excluding hydrogens is 406 g/mol. The van der Waals surface area contributed by atoms with Gasteiger partial charge in [0, 0.05) is 13.1 Å². The lowest BCUT2D eigenvalue weighted by molar-refractivity contribution is -0.130. The Bertz CT molecular complexity index is 778. The van der Waals surface area contributed by atoms with E-state index in [-0.39, 0.29) is 28.5 Å². The van der Waals surface area contributed by atoms with Crippen LogP contribution in [0.2, 0.25) is 0 Å². The molecule has 0 radical (unpaired) electrons. The highest BCUT2D eigenvalue weighted by molar-refractivity contribution is 9.18. The molecule has 1 fully saturated rings. The van der Waals surface area contributed by atoms with Crippen LogP contribution >= 0.6 is 15.9 Å². The summed E-state index contributed by atoms with van der Waals surface area (Å²) in [6.07, 6.45) is 2.30. The fourth-order valence-electron chi connectivity index (χ4n) is 2.51. The molecule has 10 heteroatoms. The molecule has 0 saturated carbocycles. The summed E-state index contributed by atoms with van der Waals surface area (Å²) in [7, 11) is 0. The van der Waals surface area contributed by atoms with Gasteiger partial charge >= 0.3 is 6.09 Å². The highest BCUT2D eigenvalue weighted by Gasteiger charge is 2.23. The molecule has 1 saturated heterocycles. The summed E-state index contributed by atoms with van der Waals surface area (Å²) in [5, 5.41) is 10.1. The first-order valence-electron chi connectivity index (χ1n) is 8.20. The van der Waals surface area contributed by atoms with Crippen LogP contribution in [0, 0.1) is 5.41 Å². The van der Waals surface area contributed by atoms with E-state index in [0.29, 0.717) is 13.1 Å². The van der Waals surface area contributed by atoms with Gasteiger partial charge in [-0.05, 0) is 49.5 Å². The first-order chi connectivity index (χ1) is 12.1. The molecular formula is C16H22BrN5O4. The van der Waals surface area contributed by atoms with Crippen LogP contribution in [-0.4, -0.2) is 49.8 Å². The maximum atomic E-state index is 12.6. The minimum Gasteiger partial charge on any atom is -0.444 e. The van der Waals surface area contributed by atoms with Crippen molar-refractivity contribution in [2.45, 2.75) is 45.8 Å². The molecule has 2 rings (SSSR count). The number of ether oxygens (including phenoxy) is 1. The van der Waals surface area contributed by atoms with Gasteiger partial charge in [-0.1, -0.05) is 0 Å². The zero-order chi connectivity index (χ0) is 19.5. The number of carbonyl (C=O) groups is 2. The van der Waals surface area contributed by atoms with Crippen molar-refractivity contribution in [3.63, 3.8) is 0 Å². The Labute approximate surface area is 159 Å². The lowest BCUT2D eigenvalue weighted by atomic mass is 10.2. The number of halogens is 1. The number of nitrogens with one attached hydrogen (secondary N) is 2. The van der Waals surface area contributed by atoms with E-state index in [9.17, 15) is 14.4 Å². The van der Waals surface area contributed by atoms with E-state index < -0.39 is 17.3 Å². The van der Waals surface area contributed by atoms with Gasteiger partial charge in [-0.2, -0.15) is 0 Å². The highest BCUT2D eigenvalue weighted by atomic mass is 79.9. The summed E-state index contributed by atoms with van der Waals surface area (Å²) in [6, 6.07) is 0. The summed E-state index contributed by atoms with van der Waals surface area (Å²) in [4.78, 5) is 42.5. The van der Waals surface area contributed by atoms with Gasteiger partial charge in [0.15, 0.2) is 5.82 Å². The molecule has 0 aliphatic carbocycles. The van der Waals surface area contributed by atoms with E-state index in [1.165, 1.54) is 6.33 Å². The second-order valence-corrected chi connectivity index (χ2v) is 7.72. The van der Waals surface area contributed by atoms with E-state index in [1.54, 1.807) is 25.7 Å². The quantitative estimate of drug-likeness (QED) is 0.711. The molecule has 1 aliphatic heterocycles. The van der Waals surface area contributed by atoms with E-state index >= 15 is 0 Å². The third-order valence-corrected chi connectivity index (χ3v) is 4.04. The van der Waals surface area contributed by atoms with Crippen LogP contribution in [0.3, 0.4) is 0 Å². The minimum absolute atomic E-state index is 0.101. The largest absolute Gasteiger partial charge is 0.444 e. The highest BCUT2D eigenvalue weighted by Crippen LogP contribution is 2.14. The predicted molar refractivity (Wildman–Crippen MR) is 99.9 cm³/mol. The molecule has 0 spiro atoms. The van der Waals surface area contributed by atoms with Crippen molar-refractivity contribution in [2.75, 3.05) is 18.4 Å². The van der Waals surface area contributed by atoms with Crippen LogP contribution in [0.4, 0.5) is 10.6 Å². The number of aromatic nitrogens is 2. The molecule has 142 valence electrons. The molecule has 0 bridgehead atoms. The van der Waals surface area contributed by atoms with E-state index in [4.69, 9.17) is 10.1 Å². The summed E-state index contributed by atoms with van der Waals surface area (Å²) in [6.45, 7) is 6.31. The van der Waals surface area contributed by atoms with Crippen LogP contribution in [0.15, 0.2) is 11.1 Å². The number of hydrogen-bond donors (Lipinski definition) is 2. The van der Waals surface area contributed by atoms with Crippen LogP contribution in [0.5, 0.6) is 0 Å². The average Bonchev–Trinajstić information content (AvgIpc) is 3.02. The third-order valence-electron chi connectivity index (χ3n) is 3.64. The lowest BCUT2D eigenvalue weighted by Gasteiger charge is -2.20. The molecule has 2 heterocycles.